The van der Waals surface area contributed by atoms with E-state index in [2.05, 4.69) is 21.2 Å². The van der Waals surface area contributed by atoms with Gasteiger partial charge in [-0.05, 0) is 46.5 Å². The Labute approximate surface area is 139 Å². The Morgan fingerprint density at radius 2 is 2.10 bits per heavy atom. The van der Waals surface area contributed by atoms with Crippen LogP contribution in [0.1, 0.15) is 31.2 Å². The number of nitrogens with zero attached hydrogens (tertiary/aromatic N) is 1. The monoisotopic (exact) mass is 378 g/mol. The van der Waals surface area contributed by atoms with Gasteiger partial charge in [-0.3, -0.25) is 4.79 Å². The summed E-state index contributed by atoms with van der Waals surface area (Å²) in [7, 11) is 0. The van der Waals surface area contributed by atoms with E-state index in [9.17, 15) is 9.18 Å². The molecule has 1 fully saturated rings. The van der Waals surface area contributed by atoms with Crippen LogP contribution in [0.15, 0.2) is 22.7 Å². The smallest absolute Gasteiger partial charge is 0.222 e. The fraction of sp³-hybridized carbons (Fsp3) is 0.533. The number of carbonyl (C=O) groups is 1. The summed E-state index contributed by atoms with van der Waals surface area (Å²) in [5, 5.41) is 3.30. The van der Waals surface area contributed by atoms with Crippen LogP contribution in [0.3, 0.4) is 0 Å². The Kier molecular flexibility index (Phi) is 8.22. The number of benzene rings is 1. The minimum Gasteiger partial charge on any atom is -0.341 e. The highest BCUT2D eigenvalue weighted by atomic mass is 79.9. The molecular weight excluding hydrogens is 359 g/mol. The van der Waals surface area contributed by atoms with Crippen molar-refractivity contribution in [2.45, 2.75) is 32.2 Å². The lowest BCUT2D eigenvalue weighted by Gasteiger charge is -2.20. The van der Waals surface area contributed by atoms with Gasteiger partial charge < -0.3 is 10.2 Å². The van der Waals surface area contributed by atoms with Crippen LogP contribution in [0.5, 0.6) is 0 Å². The minimum atomic E-state index is -0.246. The third-order valence-electron chi connectivity index (χ3n) is 3.54. The first kappa shape index (κ1) is 18.4. The quantitative estimate of drug-likeness (QED) is 0.794. The highest BCUT2D eigenvalue weighted by molar-refractivity contribution is 9.10. The summed E-state index contributed by atoms with van der Waals surface area (Å²) in [5.41, 5.74) is 1.03. The maximum atomic E-state index is 13.1. The third kappa shape index (κ3) is 5.93. The van der Waals surface area contributed by atoms with Gasteiger partial charge in [0.1, 0.15) is 5.82 Å². The molecule has 3 nitrogen and oxygen atoms in total. The van der Waals surface area contributed by atoms with Crippen molar-refractivity contribution in [1.29, 1.82) is 0 Å². The first-order valence-corrected chi connectivity index (χ1v) is 7.88. The Hall–Kier alpha value is -0.650. The lowest BCUT2D eigenvalue weighted by atomic mass is 10.2. The Morgan fingerprint density at radius 1 is 1.29 bits per heavy atom. The molecule has 1 aliphatic heterocycles. The molecule has 1 aliphatic rings. The molecule has 1 aromatic carbocycles. The van der Waals surface area contributed by atoms with Gasteiger partial charge in [-0.2, -0.15) is 0 Å². The van der Waals surface area contributed by atoms with Gasteiger partial charge in [0.25, 0.3) is 0 Å². The Morgan fingerprint density at radius 3 is 2.86 bits per heavy atom. The standard InChI is InChI=1S/C15H20BrFN2O.ClH/c16-13-10-12(5-6-14(13)17)11-18-7-9-19-8-3-1-2-4-15(19)20;/h5-6,10,18H,1-4,7-9,11H2;1H. The summed E-state index contributed by atoms with van der Waals surface area (Å²) < 4.78 is 13.6. The van der Waals surface area contributed by atoms with E-state index in [1.54, 1.807) is 12.1 Å². The maximum absolute atomic E-state index is 13.1. The van der Waals surface area contributed by atoms with E-state index in [4.69, 9.17) is 0 Å². The van der Waals surface area contributed by atoms with Crippen LogP contribution < -0.4 is 5.32 Å². The molecule has 1 heterocycles. The average molecular weight is 380 g/mol. The van der Waals surface area contributed by atoms with Gasteiger partial charge in [0.05, 0.1) is 4.47 Å². The fourth-order valence-electron chi connectivity index (χ4n) is 2.37. The number of rotatable bonds is 5. The van der Waals surface area contributed by atoms with Gasteiger partial charge in [0.15, 0.2) is 0 Å². The van der Waals surface area contributed by atoms with E-state index < -0.39 is 0 Å². The van der Waals surface area contributed by atoms with E-state index in [1.165, 1.54) is 6.07 Å². The Balaban J connectivity index is 0.00000220. The third-order valence-corrected chi connectivity index (χ3v) is 4.15. The van der Waals surface area contributed by atoms with Crippen molar-refractivity contribution in [3.8, 4) is 0 Å². The van der Waals surface area contributed by atoms with Gasteiger partial charge in [0.2, 0.25) is 5.91 Å². The second-order valence-corrected chi connectivity index (χ2v) is 5.97. The molecular formula is C15H21BrClFN2O. The van der Waals surface area contributed by atoms with Gasteiger partial charge in [-0.25, -0.2) is 4.39 Å². The van der Waals surface area contributed by atoms with E-state index in [0.717, 1.165) is 44.5 Å². The van der Waals surface area contributed by atoms with Gasteiger partial charge in [-0.15, -0.1) is 12.4 Å². The fourth-order valence-corrected chi connectivity index (χ4v) is 2.80. The number of amides is 1. The summed E-state index contributed by atoms with van der Waals surface area (Å²) in [6.45, 7) is 3.07. The van der Waals surface area contributed by atoms with Crippen molar-refractivity contribution >= 4 is 34.2 Å². The first-order valence-electron chi connectivity index (χ1n) is 7.09. The average Bonchev–Trinajstić information content (AvgIpc) is 2.64. The zero-order valence-corrected chi connectivity index (χ0v) is 14.3. The molecule has 21 heavy (non-hydrogen) atoms. The molecule has 0 unspecified atom stereocenters. The van der Waals surface area contributed by atoms with Gasteiger partial charge in [0, 0.05) is 32.6 Å². The summed E-state index contributed by atoms with van der Waals surface area (Å²) >= 11 is 3.18. The highest BCUT2D eigenvalue weighted by Crippen LogP contribution is 2.16. The maximum Gasteiger partial charge on any atom is 0.222 e. The second-order valence-electron chi connectivity index (χ2n) is 5.12. The van der Waals surface area contributed by atoms with E-state index >= 15 is 0 Å². The number of carbonyl (C=O) groups excluding carboxylic acids is 1. The van der Waals surface area contributed by atoms with Crippen LogP contribution in [-0.4, -0.2) is 30.4 Å². The van der Waals surface area contributed by atoms with E-state index in [1.807, 2.05) is 4.90 Å². The molecule has 1 N–H and O–H groups in total. The van der Waals surface area contributed by atoms with Crippen LogP contribution in [0.4, 0.5) is 4.39 Å². The summed E-state index contributed by atoms with van der Waals surface area (Å²) in [6, 6.07) is 5.00. The molecule has 2 rings (SSSR count). The lowest BCUT2D eigenvalue weighted by molar-refractivity contribution is -0.130. The normalized spacial score (nSPS) is 15.5. The molecule has 1 aromatic rings. The summed E-state index contributed by atoms with van der Waals surface area (Å²) in [6.07, 6.45) is 3.97. The summed E-state index contributed by atoms with van der Waals surface area (Å²) in [4.78, 5) is 13.8. The Bertz CT molecular complexity index is 473. The predicted molar refractivity (Wildman–Crippen MR) is 88.1 cm³/mol. The van der Waals surface area contributed by atoms with Crippen LogP contribution >= 0.6 is 28.3 Å². The molecule has 0 atom stereocenters. The van der Waals surface area contributed by atoms with Crippen molar-refractivity contribution in [2.75, 3.05) is 19.6 Å². The minimum absolute atomic E-state index is 0. The van der Waals surface area contributed by atoms with Crippen LogP contribution in [0.2, 0.25) is 0 Å². The second kappa shape index (κ2) is 9.38. The number of nitrogens with one attached hydrogen (secondary N) is 1. The van der Waals surface area contributed by atoms with Crippen LogP contribution in [0, 0.1) is 5.82 Å². The SMILES string of the molecule is Cl.O=C1CCCCCN1CCNCc1ccc(F)c(Br)c1. The molecule has 1 saturated heterocycles. The highest BCUT2D eigenvalue weighted by Gasteiger charge is 2.15. The molecule has 0 saturated carbocycles. The zero-order chi connectivity index (χ0) is 14.4. The molecule has 6 heteroatoms. The predicted octanol–water partition coefficient (Wildman–Crippen LogP) is 3.50. The van der Waals surface area contributed by atoms with Crippen molar-refractivity contribution in [2.24, 2.45) is 0 Å². The topological polar surface area (TPSA) is 32.3 Å². The number of hydrogen-bond acceptors (Lipinski definition) is 2. The number of likely N-dealkylation sites (tertiary alicyclic amines) is 1. The molecule has 0 aromatic heterocycles. The van der Waals surface area contributed by atoms with Crippen LogP contribution in [-0.2, 0) is 11.3 Å². The number of halogens is 3. The zero-order valence-electron chi connectivity index (χ0n) is 11.9. The van der Waals surface area contributed by atoms with E-state index in [-0.39, 0.29) is 24.1 Å². The molecule has 118 valence electrons. The van der Waals surface area contributed by atoms with Crippen molar-refractivity contribution in [1.82, 2.24) is 10.2 Å². The van der Waals surface area contributed by atoms with Crippen LogP contribution in [0.25, 0.3) is 0 Å². The first-order chi connectivity index (χ1) is 9.66. The largest absolute Gasteiger partial charge is 0.341 e. The molecule has 0 spiro atoms. The van der Waals surface area contributed by atoms with Crippen molar-refractivity contribution in [3.63, 3.8) is 0 Å². The molecule has 0 radical (unpaired) electrons. The van der Waals surface area contributed by atoms with Crippen molar-refractivity contribution < 1.29 is 9.18 Å². The lowest BCUT2D eigenvalue weighted by Crippen LogP contribution is -2.36. The van der Waals surface area contributed by atoms with Gasteiger partial charge >= 0.3 is 0 Å². The molecule has 0 bridgehead atoms. The molecule has 1 amide bonds. The molecule has 0 aliphatic carbocycles. The summed E-state index contributed by atoms with van der Waals surface area (Å²) in [5.74, 6) is 0.0257. The van der Waals surface area contributed by atoms with E-state index in [0.29, 0.717) is 17.4 Å². The van der Waals surface area contributed by atoms with Crippen molar-refractivity contribution in [3.05, 3.63) is 34.1 Å². The van der Waals surface area contributed by atoms with Gasteiger partial charge in [-0.1, -0.05) is 12.5 Å². The number of hydrogen-bond donors (Lipinski definition) is 1.